The lowest BCUT2D eigenvalue weighted by atomic mass is 10.1. The van der Waals surface area contributed by atoms with E-state index in [2.05, 4.69) is 10.6 Å². The predicted molar refractivity (Wildman–Crippen MR) is 85.8 cm³/mol. The highest BCUT2D eigenvalue weighted by Gasteiger charge is 2.08. The van der Waals surface area contributed by atoms with Crippen LogP contribution in [-0.2, 0) is 0 Å². The number of nitrogens with two attached hydrogens (primary N) is 1. The highest BCUT2D eigenvalue weighted by atomic mass is 32.2. The van der Waals surface area contributed by atoms with Gasteiger partial charge in [-0.05, 0) is 36.6 Å². The van der Waals surface area contributed by atoms with E-state index < -0.39 is 0 Å². The van der Waals surface area contributed by atoms with Crippen molar-refractivity contribution in [2.45, 2.75) is 4.90 Å². The van der Waals surface area contributed by atoms with Crippen molar-refractivity contribution in [1.82, 2.24) is 5.32 Å². The van der Waals surface area contributed by atoms with Crippen molar-refractivity contribution in [3.63, 3.8) is 0 Å². The fourth-order valence-electron chi connectivity index (χ4n) is 1.84. The summed E-state index contributed by atoms with van der Waals surface area (Å²) in [5, 5.41) is 5.89. The molecule has 0 unspecified atom stereocenters. The molecule has 4 N–H and O–H groups in total. The van der Waals surface area contributed by atoms with Crippen molar-refractivity contribution >= 4 is 34.7 Å². The zero-order valence-corrected chi connectivity index (χ0v) is 12.3. The Labute approximate surface area is 122 Å². The van der Waals surface area contributed by atoms with E-state index in [9.17, 15) is 4.79 Å². The highest BCUT2D eigenvalue weighted by Crippen LogP contribution is 2.30. The summed E-state index contributed by atoms with van der Waals surface area (Å²) in [4.78, 5) is 12.8. The van der Waals surface area contributed by atoms with Crippen LogP contribution in [0.3, 0.4) is 0 Å². The van der Waals surface area contributed by atoms with Crippen LogP contribution < -0.4 is 16.4 Å². The number of carbonyl (C=O) groups is 1. The lowest BCUT2D eigenvalue weighted by Crippen LogP contribution is -2.18. The smallest absolute Gasteiger partial charge is 0.251 e. The Morgan fingerprint density at radius 2 is 1.90 bits per heavy atom. The summed E-state index contributed by atoms with van der Waals surface area (Å²) in [6.07, 6.45) is 2.02. The molecule has 1 amide bonds. The fraction of sp³-hybridized carbons (Fsp3) is 0.133. The summed E-state index contributed by atoms with van der Waals surface area (Å²) in [5.41, 5.74) is 8.85. The molecule has 0 atom stereocenters. The molecule has 0 saturated heterocycles. The first-order valence-electron chi connectivity index (χ1n) is 6.17. The molecule has 4 nitrogen and oxygen atoms in total. The largest absolute Gasteiger partial charge is 0.397 e. The first kappa shape index (κ1) is 14.3. The zero-order chi connectivity index (χ0) is 14.5. The molecule has 0 saturated carbocycles. The minimum Gasteiger partial charge on any atom is -0.397 e. The van der Waals surface area contributed by atoms with Crippen molar-refractivity contribution in [1.29, 1.82) is 0 Å². The third-order valence-electron chi connectivity index (χ3n) is 2.92. The Hall–Kier alpha value is -2.14. The summed E-state index contributed by atoms with van der Waals surface area (Å²) in [6.45, 7) is 0. The number of para-hydroxylation sites is 1. The summed E-state index contributed by atoms with van der Waals surface area (Å²) >= 11 is 1.65. The van der Waals surface area contributed by atoms with E-state index in [0.29, 0.717) is 11.3 Å². The Morgan fingerprint density at radius 1 is 1.15 bits per heavy atom. The molecular formula is C15H17N3OS. The second-order valence-electron chi connectivity index (χ2n) is 4.21. The van der Waals surface area contributed by atoms with Crippen LogP contribution in [0.5, 0.6) is 0 Å². The monoisotopic (exact) mass is 287 g/mol. The molecule has 0 aliphatic rings. The SMILES string of the molecule is CNC(=O)c1ccc(N)c(Nc2ccccc2SC)c1. The normalized spacial score (nSPS) is 10.1. The van der Waals surface area contributed by atoms with Gasteiger partial charge < -0.3 is 16.4 Å². The summed E-state index contributed by atoms with van der Waals surface area (Å²) in [6, 6.07) is 13.2. The number of benzene rings is 2. The molecule has 0 heterocycles. The van der Waals surface area contributed by atoms with Gasteiger partial charge in [0.1, 0.15) is 0 Å². The molecule has 0 aliphatic carbocycles. The topological polar surface area (TPSA) is 67.2 Å². The summed E-state index contributed by atoms with van der Waals surface area (Å²) in [7, 11) is 1.61. The van der Waals surface area contributed by atoms with Crippen molar-refractivity contribution < 1.29 is 4.79 Å². The van der Waals surface area contributed by atoms with Crippen LogP contribution >= 0.6 is 11.8 Å². The van der Waals surface area contributed by atoms with E-state index in [1.54, 1.807) is 37.0 Å². The Morgan fingerprint density at radius 3 is 2.60 bits per heavy atom. The number of carbonyl (C=O) groups excluding carboxylic acids is 1. The van der Waals surface area contributed by atoms with Crippen LogP contribution in [0.25, 0.3) is 0 Å². The van der Waals surface area contributed by atoms with Crippen molar-refractivity contribution in [2.24, 2.45) is 0 Å². The van der Waals surface area contributed by atoms with Gasteiger partial charge in [-0.1, -0.05) is 12.1 Å². The molecule has 0 bridgehead atoms. The first-order chi connectivity index (χ1) is 9.65. The van der Waals surface area contributed by atoms with Gasteiger partial charge in [0.15, 0.2) is 0 Å². The number of nitrogen functional groups attached to an aromatic ring is 1. The molecule has 5 heteroatoms. The molecule has 0 radical (unpaired) electrons. The van der Waals surface area contributed by atoms with Gasteiger partial charge >= 0.3 is 0 Å². The summed E-state index contributed by atoms with van der Waals surface area (Å²) in [5.74, 6) is -0.133. The minimum absolute atomic E-state index is 0.133. The Balaban J connectivity index is 2.35. The lowest BCUT2D eigenvalue weighted by Gasteiger charge is -2.13. The number of anilines is 3. The number of thioether (sulfide) groups is 1. The van der Waals surface area contributed by atoms with E-state index in [1.807, 2.05) is 30.5 Å². The van der Waals surface area contributed by atoms with Gasteiger partial charge in [-0.2, -0.15) is 0 Å². The fourth-order valence-corrected chi connectivity index (χ4v) is 2.40. The molecule has 2 aromatic carbocycles. The second kappa shape index (κ2) is 6.34. The Kier molecular flexibility index (Phi) is 4.53. The maximum Gasteiger partial charge on any atom is 0.251 e. The second-order valence-corrected chi connectivity index (χ2v) is 5.05. The third-order valence-corrected chi connectivity index (χ3v) is 3.71. The quantitative estimate of drug-likeness (QED) is 0.597. The van der Waals surface area contributed by atoms with E-state index >= 15 is 0 Å². The molecule has 20 heavy (non-hydrogen) atoms. The molecule has 2 aromatic rings. The van der Waals surface area contributed by atoms with Gasteiger partial charge in [0.05, 0.1) is 17.1 Å². The standard InChI is InChI=1S/C15H17N3OS/c1-17-15(19)10-7-8-11(16)13(9-10)18-12-5-3-4-6-14(12)20-2/h3-9,18H,16H2,1-2H3,(H,17,19). The zero-order valence-electron chi connectivity index (χ0n) is 11.4. The van der Waals surface area contributed by atoms with Crippen molar-refractivity contribution in [3.8, 4) is 0 Å². The van der Waals surface area contributed by atoms with Gasteiger partial charge in [-0.15, -0.1) is 11.8 Å². The molecule has 2 rings (SSSR count). The third kappa shape index (κ3) is 3.05. The highest BCUT2D eigenvalue weighted by molar-refractivity contribution is 7.98. The Bertz CT molecular complexity index is 628. The van der Waals surface area contributed by atoms with Crippen molar-refractivity contribution in [2.75, 3.05) is 24.4 Å². The molecular weight excluding hydrogens is 270 g/mol. The van der Waals surface area contributed by atoms with Gasteiger partial charge in [0.2, 0.25) is 0 Å². The number of hydrogen-bond donors (Lipinski definition) is 3. The van der Waals surface area contributed by atoms with Crippen LogP contribution in [0.4, 0.5) is 17.1 Å². The molecule has 0 spiro atoms. The number of rotatable bonds is 4. The average molecular weight is 287 g/mol. The van der Waals surface area contributed by atoms with E-state index in [4.69, 9.17) is 5.73 Å². The average Bonchev–Trinajstić information content (AvgIpc) is 2.49. The number of hydrogen-bond acceptors (Lipinski definition) is 4. The van der Waals surface area contributed by atoms with Gasteiger partial charge in [-0.25, -0.2) is 0 Å². The predicted octanol–water partition coefficient (Wildman–Crippen LogP) is 3.09. The maximum absolute atomic E-state index is 11.7. The molecule has 0 aromatic heterocycles. The van der Waals surface area contributed by atoms with Gasteiger partial charge in [0.25, 0.3) is 5.91 Å². The molecule has 0 aliphatic heterocycles. The van der Waals surface area contributed by atoms with Crippen LogP contribution in [0.15, 0.2) is 47.4 Å². The van der Waals surface area contributed by atoms with Crippen LogP contribution in [0.2, 0.25) is 0 Å². The van der Waals surface area contributed by atoms with E-state index in [-0.39, 0.29) is 5.91 Å². The maximum atomic E-state index is 11.7. The van der Waals surface area contributed by atoms with Crippen LogP contribution in [0, 0.1) is 0 Å². The minimum atomic E-state index is -0.133. The van der Waals surface area contributed by atoms with E-state index in [1.165, 1.54) is 0 Å². The lowest BCUT2D eigenvalue weighted by molar-refractivity contribution is 0.0963. The number of nitrogens with one attached hydrogen (secondary N) is 2. The van der Waals surface area contributed by atoms with Crippen LogP contribution in [-0.4, -0.2) is 19.2 Å². The molecule has 104 valence electrons. The number of amides is 1. The molecule has 0 fully saturated rings. The van der Waals surface area contributed by atoms with Gasteiger partial charge in [-0.3, -0.25) is 4.79 Å². The van der Waals surface area contributed by atoms with E-state index in [0.717, 1.165) is 16.3 Å². The van der Waals surface area contributed by atoms with Gasteiger partial charge in [0, 0.05) is 17.5 Å². The summed E-state index contributed by atoms with van der Waals surface area (Å²) < 4.78 is 0. The first-order valence-corrected chi connectivity index (χ1v) is 7.40. The van der Waals surface area contributed by atoms with Crippen LogP contribution in [0.1, 0.15) is 10.4 Å². The van der Waals surface area contributed by atoms with Crippen molar-refractivity contribution in [3.05, 3.63) is 48.0 Å².